The van der Waals surface area contributed by atoms with Crippen LogP contribution in [-0.4, -0.2) is 4.98 Å². The Balaban J connectivity index is 1.96. The monoisotopic (exact) mass is 324 g/mol. The van der Waals surface area contributed by atoms with Crippen molar-refractivity contribution in [1.29, 1.82) is 0 Å². The molecule has 0 bridgehead atoms. The maximum atomic E-state index is 5.87. The van der Waals surface area contributed by atoms with E-state index in [4.69, 9.17) is 11.6 Å². The van der Waals surface area contributed by atoms with E-state index in [9.17, 15) is 0 Å². The van der Waals surface area contributed by atoms with Crippen molar-refractivity contribution in [3.63, 3.8) is 0 Å². The summed E-state index contributed by atoms with van der Waals surface area (Å²) in [6.07, 6.45) is 3.65. The van der Waals surface area contributed by atoms with Crippen LogP contribution in [0.5, 0.6) is 0 Å². The van der Waals surface area contributed by atoms with Gasteiger partial charge in [-0.3, -0.25) is 4.98 Å². The fourth-order valence-corrected chi connectivity index (χ4v) is 2.23. The molecule has 0 saturated carbocycles. The second-order valence-corrected chi connectivity index (χ2v) is 5.52. The Morgan fingerprint density at radius 2 is 2.00 bits per heavy atom. The van der Waals surface area contributed by atoms with Gasteiger partial charge in [0.15, 0.2) is 0 Å². The number of pyridine rings is 1. The zero-order chi connectivity index (χ0) is 13.0. The highest BCUT2D eigenvalue weighted by atomic mass is 79.9. The van der Waals surface area contributed by atoms with Gasteiger partial charge in [0.05, 0.1) is 0 Å². The largest absolute Gasteiger partial charge is 0.306 e. The molecule has 2 rings (SSSR count). The Hall–Kier alpha value is -0.900. The van der Waals surface area contributed by atoms with Gasteiger partial charge in [-0.25, -0.2) is 0 Å². The predicted octanol–water partition coefficient (Wildman–Crippen LogP) is 4.35. The molecule has 0 unspecified atom stereocenters. The van der Waals surface area contributed by atoms with Crippen LogP contribution >= 0.6 is 27.5 Å². The summed E-state index contributed by atoms with van der Waals surface area (Å²) in [5, 5.41) is 4.22. The van der Waals surface area contributed by atoms with E-state index in [0.717, 1.165) is 21.6 Å². The lowest BCUT2D eigenvalue weighted by Gasteiger charge is -2.14. The lowest BCUT2D eigenvalue weighted by atomic mass is 10.1. The van der Waals surface area contributed by atoms with Gasteiger partial charge in [0, 0.05) is 34.5 Å². The number of hydrogen-bond donors (Lipinski definition) is 1. The average Bonchev–Trinajstić information content (AvgIpc) is 2.37. The molecule has 94 valence electrons. The van der Waals surface area contributed by atoms with Crippen LogP contribution in [0.3, 0.4) is 0 Å². The number of nitrogens with zero attached hydrogens (tertiary/aromatic N) is 1. The van der Waals surface area contributed by atoms with Crippen LogP contribution in [0.4, 0.5) is 0 Å². The summed E-state index contributed by atoms with van der Waals surface area (Å²) in [5.74, 6) is 0. The lowest BCUT2D eigenvalue weighted by Crippen LogP contribution is -2.18. The summed E-state index contributed by atoms with van der Waals surface area (Å²) < 4.78 is 1.00. The van der Waals surface area contributed by atoms with Gasteiger partial charge in [-0.15, -0.1) is 0 Å². The van der Waals surface area contributed by atoms with Gasteiger partial charge in [-0.2, -0.15) is 0 Å². The molecule has 0 saturated heterocycles. The third kappa shape index (κ3) is 3.80. The molecule has 1 aromatic heterocycles. The molecule has 0 aliphatic rings. The van der Waals surface area contributed by atoms with Crippen LogP contribution in [0.2, 0.25) is 5.02 Å². The number of nitrogens with one attached hydrogen (secondary N) is 1. The molecule has 2 nitrogen and oxygen atoms in total. The zero-order valence-electron chi connectivity index (χ0n) is 10.0. The minimum Gasteiger partial charge on any atom is -0.306 e. The SMILES string of the molecule is C[C@H](NCc1cncc(Br)c1)c1ccc(Cl)cc1. The summed E-state index contributed by atoms with van der Waals surface area (Å²) in [4.78, 5) is 4.14. The van der Waals surface area contributed by atoms with E-state index in [1.807, 2.05) is 30.5 Å². The molecule has 1 heterocycles. The molecular formula is C14H14BrClN2. The molecule has 1 aromatic carbocycles. The first-order chi connectivity index (χ1) is 8.65. The number of hydrogen-bond acceptors (Lipinski definition) is 2. The van der Waals surface area contributed by atoms with Crippen molar-refractivity contribution in [2.75, 3.05) is 0 Å². The van der Waals surface area contributed by atoms with Crippen molar-refractivity contribution in [2.24, 2.45) is 0 Å². The molecular weight excluding hydrogens is 312 g/mol. The highest BCUT2D eigenvalue weighted by Gasteiger charge is 2.04. The van der Waals surface area contributed by atoms with Gasteiger partial charge in [-0.1, -0.05) is 23.7 Å². The fraction of sp³-hybridized carbons (Fsp3) is 0.214. The van der Waals surface area contributed by atoms with Gasteiger partial charge in [0.1, 0.15) is 0 Å². The van der Waals surface area contributed by atoms with Crippen LogP contribution < -0.4 is 5.32 Å². The highest BCUT2D eigenvalue weighted by Crippen LogP contribution is 2.17. The summed E-state index contributed by atoms with van der Waals surface area (Å²) in [5.41, 5.74) is 2.38. The van der Waals surface area contributed by atoms with Crippen LogP contribution in [-0.2, 0) is 6.54 Å². The first-order valence-corrected chi connectivity index (χ1v) is 6.90. The van der Waals surface area contributed by atoms with Gasteiger partial charge in [-0.05, 0) is 52.2 Å². The van der Waals surface area contributed by atoms with Crippen LogP contribution in [0, 0.1) is 0 Å². The van der Waals surface area contributed by atoms with Crippen molar-refractivity contribution in [2.45, 2.75) is 19.5 Å². The third-order valence-electron chi connectivity index (χ3n) is 2.74. The van der Waals surface area contributed by atoms with E-state index in [0.29, 0.717) is 0 Å². The Morgan fingerprint density at radius 3 is 2.67 bits per heavy atom. The van der Waals surface area contributed by atoms with Crippen molar-refractivity contribution in [3.8, 4) is 0 Å². The summed E-state index contributed by atoms with van der Waals surface area (Å²) in [6, 6.07) is 10.2. The molecule has 0 aliphatic carbocycles. The standard InChI is InChI=1S/C14H14BrClN2/c1-10(12-2-4-14(16)5-3-12)18-8-11-6-13(15)9-17-7-11/h2-7,9-10,18H,8H2,1H3/t10-/m0/s1. The molecule has 0 amide bonds. The summed E-state index contributed by atoms with van der Waals surface area (Å²) in [6.45, 7) is 2.92. The van der Waals surface area contributed by atoms with Crippen molar-refractivity contribution in [1.82, 2.24) is 10.3 Å². The van der Waals surface area contributed by atoms with Gasteiger partial charge in [0.25, 0.3) is 0 Å². The number of rotatable bonds is 4. The summed E-state index contributed by atoms with van der Waals surface area (Å²) in [7, 11) is 0. The molecule has 0 aliphatic heterocycles. The molecule has 0 radical (unpaired) electrons. The smallest absolute Gasteiger partial charge is 0.0410 e. The first kappa shape index (κ1) is 13.5. The van der Waals surface area contributed by atoms with E-state index in [-0.39, 0.29) is 6.04 Å². The van der Waals surface area contributed by atoms with Crippen LogP contribution in [0.25, 0.3) is 0 Å². The quantitative estimate of drug-likeness (QED) is 0.904. The summed E-state index contributed by atoms with van der Waals surface area (Å²) >= 11 is 9.29. The molecule has 2 aromatic rings. The second-order valence-electron chi connectivity index (χ2n) is 4.17. The first-order valence-electron chi connectivity index (χ1n) is 5.73. The average molecular weight is 326 g/mol. The lowest BCUT2D eigenvalue weighted by molar-refractivity contribution is 0.574. The minimum atomic E-state index is 0.279. The maximum Gasteiger partial charge on any atom is 0.0410 e. The van der Waals surface area contributed by atoms with Gasteiger partial charge < -0.3 is 5.32 Å². The predicted molar refractivity (Wildman–Crippen MR) is 78.6 cm³/mol. The Morgan fingerprint density at radius 1 is 1.28 bits per heavy atom. The topological polar surface area (TPSA) is 24.9 Å². The Bertz CT molecular complexity index is 513. The van der Waals surface area contributed by atoms with Gasteiger partial charge in [0.2, 0.25) is 0 Å². The molecule has 18 heavy (non-hydrogen) atoms. The van der Waals surface area contributed by atoms with E-state index in [2.05, 4.69) is 39.2 Å². The van der Waals surface area contributed by atoms with Crippen molar-refractivity contribution >= 4 is 27.5 Å². The molecule has 0 spiro atoms. The van der Waals surface area contributed by atoms with E-state index in [1.165, 1.54) is 5.56 Å². The minimum absolute atomic E-state index is 0.279. The van der Waals surface area contributed by atoms with Crippen LogP contribution in [0.1, 0.15) is 24.1 Å². The third-order valence-corrected chi connectivity index (χ3v) is 3.43. The molecule has 4 heteroatoms. The highest BCUT2D eigenvalue weighted by molar-refractivity contribution is 9.10. The van der Waals surface area contributed by atoms with Crippen LogP contribution in [0.15, 0.2) is 47.2 Å². The maximum absolute atomic E-state index is 5.87. The van der Waals surface area contributed by atoms with E-state index in [1.54, 1.807) is 6.20 Å². The fourth-order valence-electron chi connectivity index (χ4n) is 1.69. The Kier molecular flexibility index (Phi) is 4.75. The number of benzene rings is 1. The number of halogens is 2. The number of aromatic nitrogens is 1. The van der Waals surface area contributed by atoms with Crippen molar-refractivity contribution < 1.29 is 0 Å². The van der Waals surface area contributed by atoms with E-state index < -0.39 is 0 Å². The van der Waals surface area contributed by atoms with Gasteiger partial charge >= 0.3 is 0 Å². The normalized spacial score (nSPS) is 12.4. The Labute approximate surface area is 121 Å². The molecule has 0 fully saturated rings. The van der Waals surface area contributed by atoms with E-state index >= 15 is 0 Å². The van der Waals surface area contributed by atoms with Crippen molar-refractivity contribution in [3.05, 3.63) is 63.3 Å². The molecule has 1 N–H and O–H groups in total. The second kappa shape index (κ2) is 6.32. The molecule has 1 atom stereocenters. The zero-order valence-corrected chi connectivity index (χ0v) is 12.4.